The van der Waals surface area contributed by atoms with Crippen LogP contribution in [-0.4, -0.2) is 7.11 Å². The lowest BCUT2D eigenvalue weighted by Gasteiger charge is -1.92. The van der Waals surface area contributed by atoms with Crippen LogP contribution < -0.4 is 4.74 Å². The molecule has 68 valence electrons. The lowest BCUT2D eigenvalue weighted by Crippen LogP contribution is -1.76. The zero-order valence-corrected chi connectivity index (χ0v) is 8.38. The first kappa shape index (κ1) is 8.78. The molecule has 0 fully saturated rings. The van der Waals surface area contributed by atoms with Crippen molar-refractivity contribution in [3.63, 3.8) is 0 Å². The minimum atomic E-state index is -0.283. The molecular weight excluding hydrogens is 211 g/mol. The fourth-order valence-corrected chi connectivity index (χ4v) is 2.44. The van der Waals surface area contributed by atoms with Crippen LogP contribution in [-0.2, 0) is 0 Å². The standard InChI is InChI=1S/C9H6ClFOS/c1-12-9-8(10)6-4-5(11)2-3-7(6)13-9/h2-4H,1H3. The highest BCUT2D eigenvalue weighted by Gasteiger charge is 2.10. The minimum Gasteiger partial charge on any atom is -0.486 e. The summed E-state index contributed by atoms with van der Waals surface area (Å²) in [6.07, 6.45) is 0. The Morgan fingerprint density at radius 1 is 1.46 bits per heavy atom. The SMILES string of the molecule is COc1sc2ccc(F)cc2c1Cl. The Morgan fingerprint density at radius 2 is 2.23 bits per heavy atom. The summed E-state index contributed by atoms with van der Waals surface area (Å²) in [4.78, 5) is 0. The summed E-state index contributed by atoms with van der Waals surface area (Å²) in [5, 5.41) is 1.83. The summed E-state index contributed by atoms with van der Waals surface area (Å²) in [7, 11) is 1.55. The van der Waals surface area contributed by atoms with Gasteiger partial charge >= 0.3 is 0 Å². The fourth-order valence-electron chi connectivity index (χ4n) is 1.15. The van der Waals surface area contributed by atoms with E-state index in [0.717, 1.165) is 4.70 Å². The summed E-state index contributed by atoms with van der Waals surface area (Å²) in [6, 6.07) is 4.52. The Hall–Kier alpha value is -0.800. The predicted octanol–water partition coefficient (Wildman–Crippen LogP) is 3.70. The van der Waals surface area contributed by atoms with Crippen molar-refractivity contribution in [3.05, 3.63) is 29.0 Å². The summed E-state index contributed by atoms with van der Waals surface area (Å²) < 4.78 is 18.8. The monoisotopic (exact) mass is 216 g/mol. The van der Waals surface area contributed by atoms with Crippen LogP contribution in [0.1, 0.15) is 0 Å². The van der Waals surface area contributed by atoms with Gasteiger partial charge in [0.2, 0.25) is 0 Å². The number of benzene rings is 1. The van der Waals surface area contributed by atoms with E-state index in [0.29, 0.717) is 15.5 Å². The van der Waals surface area contributed by atoms with E-state index in [2.05, 4.69) is 0 Å². The van der Waals surface area contributed by atoms with Crippen molar-refractivity contribution in [1.29, 1.82) is 0 Å². The molecule has 0 N–H and O–H groups in total. The van der Waals surface area contributed by atoms with Crippen molar-refractivity contribution in [2.24, 2.45) is 0 Å². The Kier molecular flexibility index (Phi) is 2.14. The number of ether oxygens (including phenoxy) is 1. The zero-order chi connectivity index (χ0) is 9.42. The number of halogens is 2. The third-order valence-corrected chi connectivity index (χ3v) is 3.36. The number of hydrogen-bond acceptors (Lipinski definition) is 2. The van der Waals surface area contributed by atoms with E-state index in [1.54, 1.807) is 13.2 Å². The van der Waals surface area contributed by atoms with Crippen molar-refractivity contribution >= 4 is 33.0 Å². The van der Waals surface area contributed by atoms with E-state index in [1.165, 1.54) is 23.5 Å². The molecular formula is C9H6ClFOS. The number of thiophene rings is 1. The first-order chi connectivity index (χ1) is 6.22. The molecule has 1 aromatic heterocycles. The van der Waals surface area contributed by atoms with Crippen LogP contribution in [0.3, 0.4) is 0 Å². The molecule has 0 unspecified atom stereocenters. The van der Waals surface area contributed by atoms with Gasteiger partial charge in [-0.2, -0.15) is 0 Å². The van der Waals surface area contributed by atoms with E-state index in [-0.39, 0.29) is 5.82 Å². The van der Waals surface area contributed by atoms with Crippen LogP contribution in [0.25, 0.3) is 10.1 Å². The predicted molar refractivity (Wildman–Crippen MR) is 53.3 cm³/mol. The van der Waals surface area contributed by atoms with Gasteiger partial charge in [-0.25, -0.2) is 4.39 Å². The van der Waals surface area contributed by atoms with Gasteiger partial charge in [0.1, 0.15) is 10.8 Å². The Morgan fingerprint density at radius 3 is 2.92 bits per heavy atom. The van der Waals surface area contributed by atoms with Crippen LogP contribution >= 0.6 is 22.9 Å². The molecule has 0 saturated carbocycles. The molecule has 0 atom stereocenters. The quantitative estimate of drug-likeness (QED) is 0.706. The summed E-state index contributed by atoms with van der Waals surface area (Å²) in [6.45, 7) is 0. The van der Waals surface area contributed by atoms with Gasteiger partial charge in [0.15, 0.2) is 5.06 Å². The fraction of sp³-hybridized carbons (Fsp3) is 0.111. The first-order valence-electron chi connectivity index (χ1n) is 3.64. The number of hydrogen-bond donors (Lipinski definition) is 0. The second-order valence-electron chi connectivity index (χ2n) is 2.55. The molecule has 0 aliphatic carbocycles. The van der Waals surface area contributed by atoms with Crippen molar-refractivity contribution in [2.45, 2.75) is 0 Å². The molecule has 1 nitrogen and oxygen atoms in total. The summed E-state index contributed by atoms with van der Waals surface area (Å²) in [5.41, 5.74) is 0. The van der Waals surface area contributed by atoms with Gasteiger partial charge in [-0.3, -0.25) is 0 Å². The lowest BCUT2D eigenvalue weighted by molar-refractivity contribution is 0.427. The number of fused-ring (bicyclic) bond motifs is 1. The van der Waals surface area contributed by atoms with E-state index >= 15 is 0 Å². The third kappa shape index (κ3) is 1.38. The van der Waals surface area contributed by atoms with Gasteiger partial charge in [-0.05, 0) is 18.2 Å². The molecule has 1 heterocycles. The average molecular weight is 217 g/mol. The second kappa shape index (κ2) is 3.16. The maximum Gasteiger partial charge on any atom is 0.193 e. The molecule has 2 aromatic rings. The van der Waals surface area contributed by atoms with E-state index in [4.69, 9.17) is 16.3 Å². The van der Waals surface area contributed by atoms with E-state index in [9.17, 15) is 4.39 Å². The van der Waals surface area contributed by atoms with Gasteiger partial charge in [-0.1, -0.05) is 22.9 Å². The molecule has 0 spiro atoms. The Bertz CT molecular complexity index is 452. The zero-order valence-electron chi connectivity index (χ0n) is 6.80. The number of methoxy groups -OCH3 is 1. The van der Waals surface area contributed by atoms with Crippen molar-refractivity contribution < 1.29 is 9.13 Å². The van der Waals surface area contributed by atoms with Crippen LogP contribution in [0.2, 0.25) is 5.02 Å². The van der Waals surface area contributed by atoms with Crippen LogP contribution in [0.5, 0.6) is 5.06 Å². The molecule has 0 saturated heterocycles. The maximum atomic E-state index is 12.8. The van der Waals surface area contributed by atoms with Crippen molar-refractivity contribution in [1.82, 2.24) is 0 Å². The number of rotatable bonds is 1. The summed E-state index contributed by atoms with van der Waals surface area (Å²) in [5.74, 6) is -0.283. The molecule has 0 aliphatic rings. The van der Waals surface area contributed by atoms with Crippen LogP contribution in [0, 0.1) is 5.82 Å². The molecule has 13 heavy (non-hydrogen) atoms. The molecule has 4 heteroatoms. The summed E-state index contributed by atoms with van der Waals surface area (Å²) >= 11 is 7.36. The van der Waals surface area contributed by atoms with Crippen LogP contribution in [0.15, 0.2) is 18.2 Å². The molecule has 0 radical (unpaired) electrons. The topological polar surface area (TPSA) is 9.23 Å². The van der Waals surface area contributed by atoms with E-state index < -0.39 is 0 Å². The van der Waals surface area contributed by atoms with Crippen molar-refractivity contribution in [3.8, 4) is 5.06 Å². The molecule has 2 rings (SSSR count). The Balaban J connectivity index is 2.77. The minimum absolute atomic E-state index is 0.283. The molecule has 0 amide bonds. The molecule has 0 aliphatic heterocycles. The van der Waals surface area contributed by atoms with Gasteiger partial charge in [-0.15, -0.1) is 0 Å². The van der Waals surface area contributed by atoms with Gasteiger partial charge in [0, 0.05) is 10.1 Å². The highest BCUT2D eigenvalue weighted by atomic mass is 35.5. The third-order valence-electron chi connectivity index (χ3n) is 1.75. The molecule has 0 bridgehead atoms. The van der Waals surface area contributed by atoms with Crippen molar-refractivity contribution in [2.75, 3.05) is 7.11 Å². The van der Waals surface area contributed by atoms with E-state index in [1.807, 2.05) is 0 Å². The largest absolute Gasteiger partial charge is 0.486 e. The smallest absolute Gasteiger partial charge is 0.193 e. The lowest BCUT2D eigenvalue weighted by atomic mass is 10.2. The van der Waals surface area contributed by atoms with Crippen LogP contribution in [0.4, 0.5) is 4.39 Å². The average Bonchev–Trinajstić information content (AvgIpc) is 2.44. The van der Waals surface area contributed by atoms with Gasteiger partial charge < -0.3 is 4.74 Å². The highest BCUT2D eigenvalue weighted by molar-refractivity contribution is 7.21. The second-order valence-corrected chi connectivity index (χ2v) is 3.94. The first-order valence-corrected chi connectivity index (χ1v) is 4.83. The highest BCUT2D eigenvalue weighted by Crippen LogP contribution is 2.41. The van der Waals surface area contributed by atoms with Gasteiger partial charge in [0.05, 0.1) is 7.11 Å². The maximum absolute atomic E-state index is 12.8. The normalized spacial score (nSPS) is 10.7. The Labute approximate surface area is 83.7 Å². The molecule has 1 aromatic carbocycles. The van der Waals surface area contributed by atoms with Gasteiger partial charge in [0.25, 0.3) is 0 Å².